The summed E-state index contributed by atoms with van der Waals surface area (Å²) in [4.78, 5) is 0. The molecule has 0 radical (unpaired) electrons. The first-order valence-corrected chi connectivity index (χ1v) is 7.43. The van der Waals surface area contributed by atoms with Gasteiger partial charge in [-0.25, -0.2) is 8.42 Å². The zero-order valence-corrected chi connectivity index (χ0v) is 11.0. The highest BCUT2D eigenvalue weighted by atomic mass is 32.2. The summed E-state index contributed by atoms with van der Waals surface area (Å²) < 4.78 is 49.2. The molecule has 2 unspecified atom stereocenters. The zero-order valence-electron chi connectivity index (χ0n) is 10.2. The van der Waals surface area contributed by atoms with E-state index in [0.717, 1.165) is 10.7 Å². The Morgan fingerprint density at radius 3 is 2.59 bits per heavy atom. The molecule has 0 saturated carbocycles. The topological polar surface area (TPSA) is 49.4 Å². The third kappa shape index (κ3) is 3.35. The number of hydrogen-bond donors (Lipinski definition) is 1. The van der Waals surface area contributed by atoms with Crippen LogP contribution in [0.3, 0.4) is 0 Å². The summed E-state index contributed by atoms with van der Waals surface area (Å²) in [7, 11) is -4.45. The number of rotatable bonds is 5. The Morgan fingerprint density at radius 1 is 1.41 bits per heavy atom. The molecule has 1 saturated heterocycles. The van der Waals surface area contributed by atoms with Gasteiger partial charge >= 0.3 is 5.76 Å². The second-order valence-corrected chi connectivity index (χ2v) is 6.18. The minimum atomic E-state index is -4.45. The molecule has 7 heteroatoms. The molecule has 1 aliphatic rings. The van der Waals surface area contributed by atoms with E-state index >= 15 is 0 Å². The van der Waals surface area contributed by atoms with E-state index in [2.05, 4.69) is 5.32 Å². The normalized spacial score (nSPS) is 25.1. The molecule has 0 spiro atoms. The lowest BCUT2D eigenvalue weighted by molar-refractivity contribution is 0.174. The SMILES string of the molecule is CCNC(C)C1CCCCN1S(=O)(=O)C(F)F. The number of nitrogens with zero attached hydrogens (tertiary/aromatic N) is 1. The second-order valence-electron chi connectivity index (χ2n) is 4.33. The van der Waals surface area contributed by atoms with Gasteiger partial charge in [-0.2, -0.15) is 13.1 Å². The van der Waals surface area contributed by atoms with Gasteiger partial charge in [-0.1, -0.05) is 13.3 Å². The predicted molar refractivity (Wildman–Crippen MR) is 62.4 cm³/mol. The van der Waals surface area contributed by atoms with Gasteiger partial charge in [0.05, 0.1) is 0 Å². The molecule has 0 aliphatic carbocycles. The summed E-state index contributed by atoms with van der Waals surface area (Å²) in [6, 6.07) is -0.462. The van der Waals surface area contributed by atoms with Crippen LogP contribution in [0.15, 0.2) is 0 Å². The maximum absolute atomic E-state index is 12.6. The average Bonchev–Trinajstić information content (AvgIpc) is 2.29. The summed E-state index contributed by atoms with van der Waals surface area (Å²) in [5.74, 6) is -3.32. The smallest absolute Gasteiger partial charge is 0.313 e. The van der Waals surface area contributed by atoms with Gasteiger partial charge in [-0.3, -0.25) is 0 Å². The third-order valence-corrected chi connectivity index (χ3v) is 4.71. The molecule has 0 bridgehead atoms. The van der Waals surface area contributed by atoms with Crippen LogP contribution in [0.5, 0.6) is 0 Å². The van der Waals surface area contributed by atoms with E-state index in [1.807, 2.05) is 13.8 Å². The number of piperidine rings is 1. The number of hydrogen-bond acceptors (Lipinski definition) is 3. The third-order valence-electron chi connectivity index (χ3n) is 3.15. The van der Waals surface area contributed by atoms with Crippen molar-refractivity contribution in [2.75, 3.05) is 13.1 Å². The Bertz CT molecular complexity index is 335. The van der Waals surface area contributed by atoms with E-state index in [9.17, 15) is 17.2 Å². The van der Waals surface area contributed by atoms with Crippen LogP contribution in [0.1, 0.15) is 33.1 Å². The molecule has 0 aromatic rings. The fraction of sp³-hybridized carbons (Fsp3) is 1.00. The van der Waals surface area contributed by atoms with E-state index in [4.69, 9.17) is 0 Å². The largest absolute Gasteiger partial charge is 0.350 e. The van der Waals surface area contributed by atoms with Crippen LogP contribution in [0.4, 0.5) is 8.78 Å². The average molecular weight is 270 g/mol. The molecule has 1 fully saturated rings. The zero-order chi connectivity index (χ0) is 13.1. The number of likely N-dealkylation sites (N-methyl/N-ethyl adjacent to an activating group) is 1. The van der Waals surface area contributed by atoms with Crippen molar-refractivity contribution < 1.29 is 17.2 Å². The van der Waals surface area contributed by atoms with Crippen molar-refractivity contribution in [1.29, 1.82) is 0 Å². The van der Waals surface area contributed by atoms with E-state index < -0.39 is 15.8 Å². The lowest BCUT2D eigenvalue weighted by Crippen LogP contribution is -2.54. The lowest BCUT2D eigenvalue weighted by atomic mass is 9.99. The summed E-state index contributed by atoms with van der Waals surface area (Å²) >= 11 is 0. The highest BCUT2D eigenvalue weighted by Crippen LogP contribution is 2.25. The van der Waals surface area contributed by atoms with Crippen LogP contribution in [-0.4, -0.2) is 43.7 Å². The van der Waals surface area contributed by atoms with Crippen LogP contribution < -0.4 is 5.32 Å². The van der Waals surface area contributed by atoms with Crippen LogP contribution >= 0.6 is 0 Å². The van der Waals surface area contributed by atoms with E-state index in [1.165, 1.54) is 0 Å². The van der Waals surface area contributed by atoms with Gasteiger partial charge in [-0.15, -0.1) is 0 Å². The van der Waals surface area contributed by atoms with Crippen molar-refractivity contribution in [2.24, 2.45) is 0 Å². The summed E-state index contributed by atoms with van der Waals surface area (Å²) in [5, 5.41) is 3.11. The Kier molecular flexibility index (Phi) is 5.27. The van der Waals surface area contributed by atoms with Crippen molar-refractivity contribution in [2.45, 2.75) is 51.0 Å². The van der Waals surface area contributed by atoms with Gasteiger partial charge in [0.1, 0.15) is 0 Å². The van der Waals surface area contributed by atoms with Crippen LogP contribution in [0, 0.1) is 0 Å². The molecule has 1 aliphatic heterocycles. The van der Waals surface area contributed by atoms with Crippen molar-refractivity contribution in [3.05, 3.63) is 0 Å². The van der Waals surface area contributed by atoms with Crippen LogP contribution in [0.25, 0.3) is 0 Å². The fourth-order valence-corrected chi connectivity index (χ4v) is 3.56. The van der Waals surface area contributed by atoms with E-state index in [-0.39, 0.29) is 18.6 Å². The van der Waals surface area contributed by atoms with Gasteiger partial charge in [0, 0.05) is 18.6 Å². The Hall–Kier alpha value is -0.270. The van der Waals surface area contributed by atoms with E-state index in [0.29, 0.717) is 19.4 Å². The maximum Gasteiger partial charge on any atom is 0.350 e. The summed E-state index contributed by atoms with van der Waals surface area (Å²) in [5.41, 5.74) is 0. The molecule has 1 rings (SSSR count). The van der Waals surface area contributed by atoms with Crippen molar-refractivity contribution >= 4 is 10.0 Å². The molecular weight excluding hydrogens is 250 g/mol. The first kappa shape index (κ1) is 14.8. The quantitative estimate of drug-likeness (QED) is 0.821. The molecule has 17 heavy (non-hydrogen) atoms. The minimum Gasteiger partial charge on any atom is -0.313 e. The van der Waals surface area contributed by atoms with Crippen LogP contribution in [0.2, 0.25) is 0 Å². The van der Waals surface area contributed by atoms with Gasteiger partial charge in [0.15, 0.2) is 0 Å². The number of alkyl halides is 2. The van der Waals surface area contributed by atoms with Crippen molar-refractivity contribution in [3.8, 4) is 0 Å². The highest BCUT2D eigenvalue weighted by Gasteiger charge is 2.40. The molecule has 0 aromatic heterocycles. The van der Waals surface area contributed by atoms with Gasteiger partial charge in [0.2, 0.25) is 0 Å². The molecule has 0 aromatic carbocycles. The Morgan fingerprint density at radius 2 is 2.06 bits per heavy atom. The number of nitrogens with one attached hydrogen (secondary N) is 1. The van der Waals surface area contributed by atoms with Gasteiger partial charge in [-0.05, 0) is 26.3 Å². The number of halogens is 2. The predicted octanol–water partition coefficient (Wildman–Crippen LogP) is 1.39. The molecular formula is C10H20F2N2O2S. The Labute approximate surface area is 101 Å². The first-order valence-electron chi connectivity index (χ1n) is 5.93. The standard InChI is InChI=1S/C10H20F2N2O2S/c1-3-13-8(2)9-6-4-5-7-14(9)17(15,16)10(11)12/h8-10,13H,3-7H2,1-2H3. The maximum atomic E-state index is 12.6. The summed E-state index contributed by atoms with van der Waals surface area (Å²) in [6.07, 6.45) is 2.18. The lowest BCUT2D eigenvalue weighted by Gasteiger charge is -2.38. The molecule has 2 atom stereocenters. The molecule has 1 heterocycles. The number of sulfonamides is 1. The molecule has 102 valence electrons. The molecule has 0 amide bonds. The van der Waals surface area contributed by atoms with Gasteiger partial charge < -0.3 is 5.32 Å². The van der Waals surface area contributed by atoms with E-state index in [1.54, 1.807) is 0 Å². The first-order chi connectivity index (χ1) is 7.91. The molecule has 1 N–H and O–H groups in total. The monoisotopic (exact) mass is 270 g/mol. The second kappa shape index (κ2) is 6.06. The Balaban J connectivity index is 2.86. The fourth-order valence-electron chi connectivity index (χ4n) is 2.31. The summed E-state index contributed by atoms with van der Waals surface area (Å²) in [6.45, 7) is 4.64. The van der Waals surface area contributed by atoms with Crippen molar-refractivity contribution in [1.82, 2.24) is 9.62 Å². The molecule has 4 nitrogen and oxygen atoms in total. The van der Waals surface area contributed by atoms with Crippen molar-refractivity contribution in [3.63, 3.8) is 0 Å². The van der Waals surface area contributed by atoms with Gasteiger partial charge in [0.25, 0.3) is 10.0 Å². The minimum absolute atomic E-state index is 0.103. The van der Waals surface area contributed by atoms with Crippen LogP contribution in [-0.2, 0) is 10.0 Å². The highest BCUT2D eigenvalue weighted by molar-refractivity contribution is 7.89.